The number of aliphatic hydroxyl groups is 1. The Morgan fingerprint density at radius 1 is 1.33 bits per heavy atom. The molecule has 2 heterocycles. The summed E-state index contributed by atoms with van der Waals surface area (Å²) in [6.07, 6.45) is 0.630. The van der Waals surface area contributed by atoms with Crippen molar-refractivity contribution < 1.29 is 18.3 Å². The minimum absolute atomic E-state index is 0.0283. The van der Waals surface area contributed by atoms with Crippen molar-refractivity contribution in [2.24, 2.45) is 11.3 Å². The van der Waals surface area contributed by atoms with Crippen molar-refractivity contribution in [2.45, 2.75) is 45.5 Å². The maximum atomic E-state index is 13.1. The molecule has 10 heteroatoms. The Balaban J connectivity index is 1.74. The first kappa shape index (κ1) is 21.8. The Bertz CT molecular complexity index is 941. The van der Waals surface area contributed by atoms with Crippen molar-refractivity contribution in [3.05, 3.63) is 41.3 Å². The van der Waals surface area contributed by atoms with Crippen LogP contribution in [-0.2, 0) is 12.7 Å². The van der Waals surface area contributed by atoms with Gasteiger partial charge in [-0.3, -0.25) is 4.98 Å². The first-order valence-corrected chi connectivity index (χ1v) is 9.55. The van der Waals surface area contributed by atoms with E-state index in [2.05, 4.69) is 39.4 Å². The maximum absolute atomic E-state index is 13.1. The molecule has 2 atom stereocenters. The predicted octanol–water partition coefficient (Wildman–Crippen LogP) is 3.58. The number of anilines is 2. The molecule has 30 heavy (non-hydrogen) atoms. The molecule has 3 N–H and O–H groups in total. The van der Waals surface area contributed by atoms with Crippen LogP contribution in [0.15, 0.2) is 24.7 Å². The lowest BCUT2D eigenvalue weighted by Crippen LogP contribution is -2.53. The van der Waals surface area contributed by atoms with Crippen LogP contribution in [0.25, 0.3) is 0 Å². The smallest absolute Gasteiger partial charge is 0.396 e. The second kappa shape index (κ2) is 8.44. The Kier molecular flexibility index (Phi) is 6.12. The molecule has 0 unspecified atom stereocenters. The summed E-state index contributed by atoms with van der Waals surface area (Å²) in [6, 6.07) is 3.01. The van der Waals surface area contributed by atoms with Gasteiger partial charge in [-0.2, -0.15) is 23.4 Å². The molecule has 0 saturated heterocycles. The molecule has 0 spiro atoms. The molecule has 0 aromatic carbocycles. The van der Waals surface area contributed by atoms with E-state index < -0.39 is 11.7 Å². The molecule has 160 valence electrons. The lowest BCUT2D eigenvalue weighted by atomic mass is 9.57. The van der Waals surface area contributed by atoms with Gasteiger partial charge in [0.1, 0.15) is 17.5 Å². The van der Waals surface area contributed by atoms with Gasteiger partial charge in [-0.1, -0.05) is 13.8 Å². The number of rotatable bonds is 7. The van der Waals surface area contributed by atoms with Gasteiger partial charge in [-0.05, 0) is 30.2 Å². The Morgan fingerprint density at radius 3 is 2.73 bits per heavy atom. The molecular weight excluding hydrogens is 397 g/mol. The van der Waals surface area contributed by atoms with E-state index in [4.69, 9.17) is 0 Å². The van der Waals surface area contributed by atoms with E-state index in [9.17, 15) is 23.5 Å². The zero-order valence-corrected chi connectivity index (χ0v) is 16.7. The van der Waals surface area contributed by atoms with Crippen molar-refractivity contribution in [1.29, 1.82) is 5.26 Å². The van der Waals surface area contributed by atoms with Crippen LogP contribution in [0.4, 0.5) is 24.9 Å². The number of aliphatic hydroxyl groups excluding tert-OH is 1. The van der Waals surface area contributed by atoms with Crippen LogP contribution in [0, 0.1) is 22.7 Å². The highest BCUT2D eigenvalue weighted by Gasteiger charge is 2.47. The molecule has 7 nitrogen and oxygen atoms in total. The lowest BCUT2D eigenvalue weighted by molar-refractivity contribution is -0.138. The van der Waals surface area contributed by atoms with Gasteiger partial charge in [-0.25, -0.2) is 4.98 Å². The van der Waals surface area contributed by atoms with Crippen molar-refractivity contribution in [2.75, 3.05) is 17.2 Å². The number of nitriles is 1. The van der Waals surface area contributed by atoms with Crippen molar-refractivity contribution in [1.82, 2.24) is 15.0 Å². The van der Waals surface area contributed by atoms with Gasteiger partial charge < -0.3 is 15.7 Å². The Morgan fingerprint density at radius 2 is 2.10 bits per heavy atom. The monoisotopic (exact) mass is 420 g/mol. The van der Waals surface area contributed by atoms with Crippen LogP contribution in [0.2, 0.25) is 0 Å². The number of aromatic nitrogens is 3. The first-order valence-electron chi connectivity index (χ1n) is 9.55. The highest BCUT2D eigenvalue weighted by molar-refractivity contribution is 5.54. The molecule has 0 amide bonds. The Hall–Kier alpha value is -2.93. The highest BCUT2D eigenvalue weighted by Crippen LogP contribution is 2.49. The third-order valence-electron chi connectivity index (χ3n) is 5.81. The third-order valence-corrected chi connectivity index (χ3v) is 5.81. The summed E-state index contributed by atoms with van der Waals surface area (Å²) in [5.41, 5.74) is -0.646. The first-order chi connectivity index (χ1) is 14.2. The molecule has 3 rings (SSSR count). The summed E-state index contributed by atoms with van der Waals surface area (Å²) in [7, 11) is 0. The van der Waals surface area contributed by atoms with Crippen LogP contribution in [-0.4, -0.2) is 32.7 Å². The molecule has 0 bridgehead atoms. The van der Waals surface area contributed by atoms with E-state index in [0.717, 1.165) is 24.9 Å². The SMILES string of the molecule is CC1(C)[C@@H](CCO)C[C@H]1Nc1nc(NCc2cnccc2C(F)(F)F)ncc1C#N. The van der Waals surface area contributed by atoms with E-state index >= 15 is 0 Å². The normalized spacial score (nSPS) is 20.2. The molecule has 1 saturated carbocycles. The molecule has 1 aliphatic carbocycles. The van der Waals surface area contributed by atoms with E-state index in [1.165, 1.54) is 6.20 Å². The minimum atomic E-state index is -4.49. The maximum Gasteiger partial charge on any atom is 0.416 e. The van der Waals surface area contributed by atoms with E-state index in [1.807, 2.05) is 6.07 Å². The summed E-state index contributed by atoms with van der Waals surface area (Å²) >= 11 is 0. The fraction of sp³-hybridized carbons (Fsp3) is 0.500. The molecule has 0 aliphatic heterocycles. The molecule has 0 radical (unpaired) electrons. The van der Waals surface area contributed by atoms with Crippen LogP contribution in [0.3, 0.4) is 0 Å². The topological polar surface area (TPSA) is 107 Å². The number of nitrogens with zero attached hydrogens (tertiary/aromatic N) is 4. The lowest BCUT2D eigenvalue weighted by Gasteiger charge is -2.52. The van der Waals surface area contributed by atoms with E-state index in [0.29, 0.717) is 18.2 Å². The summed E-state index contributed by atoms with van der Waals surface area (Å²) in [5, 5.41) is 24.6. The number of nitrogens with one attached hydrogen (secondary N) is 2. The molecule has 1 aliphatic rings. The predicted molar refractivity (Wildman–Crippen MR) is 104 cm³/mol. The summed E-state index contributed by atoms with van der Waals surface area (Å²) in [5.74, 6) is 0.798. The van der Waals surface area contributed by atoms with Gasteiger partial charge in [-0.15, -0.1) is 0 Å². The summed E-state index contributed by atoms with van der Waals surface area (Å²) < 4.78 is 39.4. The van der Waals surface area contributed by atoms with Crippen LogP contribution in [0.1, 0.15) is 43.4 Å². The van der Waals surface area contributed by atoms with E-state index in [1.54, 1.807) is 0 Å². The average Bonchev–Trinajstić information content (AvgIpc) is 2.71. The molecule has 2 aromatic heterocycles. The molecular formula is C20H23F3N6O. The van der Waals surface area contributed by atoms with Crippen LogP contribution in [0.5, 0.6) is 0 Å². The third kappa shape index (κ3) is 4.46. The molecule has 2 aromatic rings. The fourth-order valence-electron chi connectivity index (χ4n) is 3.75. The van der Waals surface area contributed by atoms with Gasteiger partial charge in [0.25, 0.3) is 0 Å². The van der Waals surface area contributed by atoms with Gasteiger partial charge >= 0.3 is 6.18 Å². The number of alkyl halides is 3. The second-order valence-electron chi connectivity index (χ2n) is 7.92. The standard InChI is InChI=1S/C20H23F3N6O/c1-19(2)14(4-6-30)7-16(19)28-17-12(8-24)10-26-18(29-17)27-11-13-9-25-5-3-15(13)20(21,22)23/h3,5,9-10,14,16,30H,4,6-7,11H2,1-2H3,(H2,26,27,28,29)/t14-,16+/m0/s1. The average molecular weight is 420 g/mol. The van der Waals surface area contributed by atoms with Crippen molar-refractivity contribution in [3.63, 3.8) is 0 Å². The zero-order chi connectivity index (χ0) is 21.9. The summed E-state index contributed by atoms with van der Waals surface area (Å²) in [4.78, 5) is 12.1. The van der Waals surface area contributed by atoms with Gasteiger partial charge in [0.05, 0.1) is 11.8 Å². The molecule has 1 fully saturated rings. The quantitative estimate of drug-likeness (QED) is 0.628. The summed E-state index contributed by atoms with van der Waals surface area (Å²) in [6.45, 7) is 4.13. The van der Waals surface area contributed by atoms with Gasteiger partial charge in [0, 0.05) is 37.2 Å². The van der Waals surface area contributed by atoms with Crippen molar-refractivity contribution in [3.8, 4) is 6.07 Å². The van der Waals surface area contributed by atoms with Gasteiger partial charge in [0.15, 0.2) is 0 Å². The fourth-order valence-corrected chi connectivity index (χ4v) is 3.75. The number of pyridine rings is 1. The number of halogens is 3. The van der Waals surface area contributed by atoms with Crippen molar-refractivity contribution >= 4 is 11.8 Å². The largest absolute Gasteiger partial charge is 0.416 e. The number of hydrogen-bond acceptors (Lipinski definition) is 7. The highest BCUT2D eigenvalue weighted by atomic mass is 19.4. The minimum Gasteiger partial charge on any atom is -0.396 e. The number of hydrogen-bond donors (Lipinski definition) is 3. The Labute approximate surface area is 172 Å². The van der Waals surface area contributed by atoms with E-state index in [-0.39, 0.29) is 41.7 Å². The van der Waals surface area contributed by atoms with Crippen LogP contribution >= 0.6 is 0 Å². The van der Waals surface area contributed by atoms with Crippen LogP contribution < -0.4 is 10.6 Å². The van der Waals surface area contributed by atoms with Gasteiger partial charge in [0.2, 0.25) is 5.95 Å². The second-order valence-corrected chi connectivity index (χ2v) is 7.92. The zero-order valence-electron chi connectivity index (χ0n) is 16.7.